The Balaban J connectivity index is 2.22. The van der Waals surface area contributed by atoms with Crippen LogP contribution in [-0.4, -0.2) is 18.1 Å². The Kier molecular flexibility index (Phi) is 5.13. The van der Waals surface area contributed by atoms with E-state index in [2.05, 4.69) is 54.1 Å². The molecule has 20 heavy (non-hydrogen) atoms. The summed E-state index contributed by atoms with van der Waals surface area (Å²) >= 11 is 0. The van der Waals surface area contributed by atoms with Crippen molar-refractivity contribution >= 4 is 5.69 Å². The molecular weight excluding hydrogens is 246 g/mol. The second-order valence-corrected chi connectivity index (χ2v) is 5.22. The van der Waals surface area contributed by atoms with Crippen LogP contribution in [0.3, 0.4) is 0 Å². The van der Waals surface area contributed by atoms with Crippen LogP contribution in [0.4, 0.5) is 5.69 Å². The van der Waals surface area contributed by atoms with E-state index < -0.39 is 0 Å². The summed E-state index contributed by atoms with van der Waals surface area (Å²) in [5.74, 6) is 0. The first-order valence-corrected chi connectivity index (χ1v) is 7.12. The zero-order valence-electron chi connectivity index (χ0n) is 12.3. The van der Waals surface area contributed by atoms with Crippen molar-refractivity contribution in [2.24, 2.45) is 5.73 Å². The van der Waals surface area contributed by atoms with E-state index in [0.717, 1.165) is 19.5 Å². The maximum Gasteiger partial charge on any atom is 0.0444 e. The maximum atomic E-state index is 5.67. The van der Waals surface area contributed by atoms with Gasteiger partial charge in [-0.15, -0.1) is 0 Å². The Labute approximate surface area is 121 Å². The summed E-state index contributed by atoms with van der Waals surface area (Å²) in [5.41, 5.74) is 10.7. The zero-order chi connectivity index (χ0) is 14.4. The summed E-state index contributed by atoms with van der Waals surface area (Å²) in [7, 11) is 0. The topological polar surface area (TPSA) is 42.2 Å². The first-order chi connectivity index (χ1) is 9.70. The highest BCUT2D eigenvalue weighted by Gasteiger charge is 2.09. The van der Waals surface area contributed by atoms with Crippen LogP contribution in [0.1, 0.15) is 23.1 Å². The number of hydrogen-bond acceptors (Lipinski definition) is 3. The molecule has 0 aliphatic carbocycles. The number of aromatic nitrogens is 1. The third-order valence-electron chi connectivity index (χ3n) is 3.39. The molecule has 0 saturated heterocycles. The molecule has 2 N–H and O–H groups in total. The molecule has 0 fully saturated rings. The van der Waals surface area contributed by atoms with Gasteiger partial charge in [-0.25, -0.2) is 0 Å². The minimum Gasteiger partial charge on any atom is -0.367 e. The average molecular weight is 269 g/mol. The minimum atomic E-state index is 0.717. The Hall–Kier alpha value is -1.87. The molecule has 1 heterocycles. The molecule has 2 rings (SSSR count). The monoisotopic (exact) mass is 269 g/mol. The van der Waals surface area contributed by atoms with Gasteiger partial charge in [0.1, 0.15) is 0 Å². The molecule has 0 saturated carbocycles. The van der Waals surface area contributed by atoms with Crippen molar-refractivity contribution in [2.75, 3.05) is 18.0 Å². The van der Waals surface area contributed by atoms with E-state index in [1.165, 1.54) is 22.4 Å². The van der Waals surface area contributed by atoms with E-state index >= 15 is 0 Å². The van der Waals surface area contributed by atoms with Gasteiger partial charge in [-0.2, -0.15) is 0 Å². The molecule has 0 bridgehead atoms. The van der Waals surface area contributed by atoms with E-state index in [1.807, 2.05) is 12.4 Å². The average Bonchev–Trinajstić information content (AvgIpc) is 2.44. The molecule has 0 amide bonds. The molecule has 3 nitrogen and oxygen atoms in total. The summed E-state index contributed by atoms with van der Waals surface area (Å²) < 4.78 is 0. The number of nitrogens with two attached hydrogens (primary N) is 1. The van der Waals surface area contributed by atoms with E-state index in [1.54, 1.807) is 0 Å². The van der Waals surface area contributed by atoms with Crippen molar-refractivity contribution in [3.05, 3.63) is 59.4 Å². The van der Waals surface area contributed by atoms with Gasteiger partial charge in [0.05, 0.1) is 0 Å². The molecule has 0 radical (unpaired) electrons. The molecule has 0 spiro atoms. The second kappa shape index (κ2) is 7.06. The number of aryl methyl sites for hydroxylation is 2. The first-order valence-electron chi connectivity index (χ1n) is 7.12. The number of rotatable bonds is 6. The zero-order valence-corrected chi connectivity index (χ0v) is 12.3. The number of para-hydroxylation sites is 1. The van der Waals surface area contributed by atoms with Gasteiger partial charge < -0.3 is 10.6 Å². The normalized spacial score (nSPS) is 10.6. The number of benzene rings is 1. The molecule has 3 heteroatoms. The van der Waals surface area contributed by atoms with E-state index in [4.69, 9.17) is 5.73 Å². The molecule has 2 aromatic rings. The van der Waals surface area contributed by atoms with Crippen molar-refractivity contribution in [3.8, 4) is 0 Å². The molecule has 1 aromatic heterocycles. The summed E-state index contributed by atoms with van der Waals surface area (Å²) in [6.45, 7) is 6.79. The van der Waals surface area contributed by atoms with E-state index in [9.17, 15) is 0 Å². The van der Waals surface area contributed by atoms with Gasteiger partial charge >= 0.3 is 0 Å². The van der Waals surface area contributed by atoms with Crippen molar-refractivity contribution in [1.29, 1.82) is 0 Å². The molecular formula is C17H23N3. The lowest BCUT2D eigenvalue weighted by Crippen LogP contribution is -2.26. The summed E-state index contributed by atoms with van der Waals surface area (Å²) in [6.07, 6.45) is 4.83. The lowest BCUT2D eigenvalue weighted by atomic mass is 10.1. The lowest BCUT2D eigenvalue weighted by Gasteiger charge is -2.26. The summed E-state index contributed by atoms with van der Waals surface area (Å²) in [5, 5.41) is 0. The first kappa shape index (κ1) is 14.5. The van der Waals surface area contributed by atoms with Gasteiger partial charge in [0.15, 0.2) is 0 Å². The fourth-order valence-electron chi connectivity index (χ4n) is 2.41. The molecule has 0 aliphatic heterocycles. The highest BCUT2D eigenvalue weighted by Crippen LogP contribution is 2.21. The van der Waals surface area contributed by atoms with Gasteiger partial charge in [0.25, 0.3) is 0 Å². The Morgan fingerprint density at radius 2 is 1.95 bits per heavy atom. The smallest absolute Gasteiger partial charge is 0.0444 e. The van der Waals surface area contributed by atoms with Crippen molar-refractivity contribution < 1.29 is 0 Å². The number of anilines is 1. The predicted molar refractivity (Wildman–Crippen MR) is 84.9 cm³/mol. The highest BCUT2D eigenvalue weighted by molar-refractivity contribution is 5.53. The van der Waals surface area contributed by atoms with Crippen LogP contribution in [-0.2, 0) is 6.54 Å². The Bertz CT molecular complexity index is 551. The lowest BCUT2D eigenvalue weighted by molar-refractivity contribution is 0.732. The van der Waals surface area contributed by atoms with Crippen molar-refractivity contribution in [3.63, 3.8) is 0 Å². The molecule has 0 atom stereocenters. The largest absolute Gasteiger partial charge is 0.367 e. The van der Waals surface area contributed by atoms with Gasteiger partial charge in [-0.3, -0.25) is 4.98 Å². The van der Waals surface area contributed by atoms with Gasteiger partial charge in [0, 0.05) is 31.2 Å². The highest BCUT2D eigenvalue weighted by atomic mass is 15.1. The molecule has 0 aliphatic rings. The number of pyridine rings is 1. The van der Waals surface area contributed by atoms with Gasteiger partial charge in [-0.05, 0) is 49.6 Å². The van der Waals surface area contributed by atoms with Crippen LogP contribution >= 0.6 is 0 Å². The van der Waals surface area contributed by atoms with Crippen LogP contribution in [0.25, 0.3) is 0 Å². The van der Waals surface area contributed by atoms with Gasteiger partial charge in [-0.1, -0.05) is 24.3 Å². The molecule has 0 unspecified atom stereocenters. The van der Waals surface area contributed by atoms with Gasteiger partial charge in [0.2, 0.25) is 0 Å². The second-order valence-electron chi connectivity index (χ2n) is 5.22. The molecule has 1 aromatic carbocycles. The number of hydrogen-bond donors (Lipinski definition) is 1. The van der Waals surface area contributed by atoms with Crippen LogP contribution in [0.5, 0.6) is 0 Å². The fraction of sp³-hybridized carbons (Fsp3) is 0.353. The van der Waals surface area contributed by atoms with Crippen molar-refractivity contribution in [1.82, 2.24) is 4.98 Å². The van der Waals surface area contributed by atoms with Crippen LogP contribution in [0.15, 0.2) is 42.7 Å². The van der Waals surface area contributed by atoms with E-state index in [-0.39, 0.29) is 0 Å². The standard InChI is InChI=1S/C17H23N3/c1-14-10-16(12-19-11-14)13-20(9-5-8-18)17-7-4-3-6-15(17)2/h3-4,6-7,10-12H,5,8-9,13,18H2,1-2H3. The number of nitrogens with zero attached hydrogens (tertiary/aromatic N) is 2. The van der Waals surface area contributed by atoms with Crippen molar-refractivity contribution in [2.45, 2.75) is 26.8 Å². The third-order valence-corrected chi connectivity index (χ3v) is 3.39. The summed E-state index contributed by atoms with van der Waals surface area (Å²) in [4.78, 5) is 6.67. The maximum absolute atomic E-state index is 5.67. The predicted octanol–water partition coefficient (Wildman–Crippen LogP) is 3.05. The Morgan fingerprint density at radius 1 is 1.15 bits per heavy atom. The SMILES string of the molecule is Cc1cncc(CN(CCCN)c2ccccc2C)c1. The Morgan fingerprint density at radius 3 is 2.65 bits per heavy atom. The molecule has 106 valence electrons. The fourth-order valence-corrected chi connectivity index (χ4v) is 2.41. The summed E-state index contributed by atoms with van der Waals surface area (Å²) in [6, 6.07) is 10.7. The van der Waals surface area contributed by atoms with Crippen LogP contribution in [0.2, 0.25) is 0 Å². The minimum absolute atomic E-state index is 0.717. The van der Waals surface area contributed by atoms with E-state index in [0.29, 0.717) is 6.54 Å². The van der Waals surface area contributed by atoms with Crippen LogP contribution < -0.4 is 10.6 Å². The third kappa shape index (κ3) is 3.81. The quantitative estimate of drug-likeness (QED) is 0.876. The van der Waals surface area contributed by atoms with Crippen LogP contribution in [0, 0.1) is 13.8 Å².